The molecule has 18 heavy (non-hydrogen) atoms. The molecule has 0 aromatic heterocycles. The molecule has 0 amide bonds. The molecule has 0 saturated carbocycles. The molecule has 0 radical (unpaired) electrons. The van der Waals surface area contributed by atoms with Crippen LogP contribution in [0.5, 0.6) is 11.5 Å². The average Bonchev–Trinajstić information content (AvgIpc) is 2.43. The second-order valence-corrected chi connectivity index (χ2v) is 5.09. The summed E-state index contributed by atoms with van der Waals surface area (Å²) in [7, 11) is 0. The van der Waals surface area contributed by atoms with E-state index < -0.39 is 0 Å². The summed E-state index contributed by atoms with van der Waals surface area (Å²) >= 11 is 1.40. The summed E-state index contributed by atoms with van der Waals surface area (Å²) in [4.78, 5) is 1.60. The van der Waals surface area contributed by atoms with Crippen LogP contribution in [0.2, 0.25) is 0 Å². The molecule has 0 aliphatic carbocycles. The van der Waals surface area contributed by atoms with Crippen LogP contribution in [-0.2, 0) is 0 Å². The Morgan fingerprint density at radius 1 is 0.889 bits per heavy atom. The van der Waals surface area contributed by atoms with Crippen molar-refractivity contribution in [1.82, 2.24) is 0 Å². The van der Waals surface area contributed by atoms with Gasteiger partial charge in [0.25, 0.3) is 0 Å². The van der Waals surface area contributed by atoms with Gasteiger partial charge in [-0.3, -0.25) is 0 Å². The lowest BCUT2D eigenvalue weighted by molar-refractivity contribution is 0.440. The Bertz CT molecular complexity index is 662. The highest BCUT2D eigenvalue weighted by molar-refractivity contribution is 7.99. The van der Waals surface area contributed by atoms with E-state index in [1.807, 2.05) is 24.3 Å². The molecule has 1 heterocycles. The number of phenolic OH excluding ortho intramolecular Hbond substituents is 2. The van der Waals surface area contributed by atoms with Crippen molar-refractivity contribution in [2.75, 3.05) is 0 Å². The topological polar surface area (TPSA) is 60.7 Å². The maximum absolute atomic E-state index is 10.1. The van der Waals surface area contributed by atoms with Gasteiger partial charge in [-0.05, 0) is 23.8 Å². The van der Waals surface area contributed by atoms with Crippen LogP contribution in [0.15, 0.2) is 46.2 Å². The molecule has 1 aliphatic rings. The van der Waals surface area contributed by atoms with E-state index in [9.17, 15) is 15.3 Å². The quantitative estimate of drug-likeness (QED) is 0.675. The fourth-order valence-corrected chi connectivity index (χ4v) is 3.07. The van der Waals surface area contributed by atoms with Crippen LogP contribution in [0.3, 0.4) is 0 Å². The molecule has 90 valence electrons. The van der Waals surface area contributed by atoms with Crippen LogP contribution >= 0.6 is 11.8 Å². The van der Waals surface area contributed by atoms with Gasteiger partial charge < -0.3 is 15.3 Å². The second kappa shape index (κ2) is 3.99. The number of aliphatic hydroxyl groups excluding tert-OH is 1. The summed E-state index contributed by atoms with van der Waals surface area (Å²) < 4.78 is 0. The van der Waals surface area contributed by atoms with Crippen molar-refractivity contribution >= 4 is 23.6 Å². The van der Waals surface area contributed by atoms with Gasteiger partial charge in [-0.2, -0.15) is 0 Å². The minimum absolute atomic E-state index is 0.0000463. The van der Waals surface area contributed by atoms with Crippen LogP contribution < -0.4 is 0 Å². The summed E-state index contributed by atoms with van der Waals surface area (Å²) in [6, 6.07) is 10.4. The first-order valence-electron chi connectivity index (χ1n) is 5.39. The molecule has 0 saturated heterocycles. The summed E-state index contributed by atoms with van der Waals surface area (Å²) in [5.74, 6) is -0.148. The Hall–Kier alpha value is -2.07. The molecule has 1 aliphatic heterocycles. The minimum Gasteiger partial charge on any atom is -0.508 e. The van der Waals surface area contributed by atoms with Gasteiger partial charge in [-0.15, -0.1) is 0 Å². The van der Waals surface area contributed by atoms with Crippen LogP contribution in [-0.4, -0.2) is 15.3 Å². The standard InChI is InChI=1S/C14H10O3S/c15-9-6-11(17)14-10(16)5-8-3-1-2-4-12(8)18-13(14)7-9/h1-7,15-17H. The lowest BCUT2D eigenvalue weighted by Crippen LogP contribution is -1.86. The molecule has 3 N–H and O–H groups in total. The van der Waals surface area contributed by atoms with Crippen molar-refractivity contribution in [3.05, 3.63) is 47.5 Å². The van der Waals surface area contributed by atoms with E-state index in [-0.39, 0.29) is 17.3 Å². The Kier molecular flexibility index (Phi) is 2.45. The highest BCUT2D eigenvalue weighted by Crippen LogP contribution is 2.44. The Morgan fingerprint density at radius 3 is 2.50 bits per heavy atom. The molecule has 0 spiro atoms. The first-order chi connectivity index (χ1) is 8.65. The Balaban J connectivity index is 2.29. The van der Waals surface area contributed by atoms with Gasteiger partial charge in [0, 0.05) is 15.9 Å². The number of rotatable bonds is 0. The molecule has 0 fully saturated rings. The molecule has 3 nitrogen and oxygen atoms in total. The zero-order valence-electron chi connectivity index (χ0n) is 9.29. The van der Waals surface area contributed by atoms with E-state index in [1.54, 1.807) is 6.08 Å². The number of benzene rings is 2. The van der Waals surface area contributed by atoms with Gasteiger partial charge in [0.15, 0.2) is 0 Å². The maximum atomic E-state index is 10.1. The fourth-order valence-electron chi connectivity index (χ4n) is 1.96. The highest BCUT2D eigenvalue weighted by atomic mass is 32.2. The largest absolute Gasteiger partial charge is 0.508 e. The van der Waals surface area contributed by atoms with Crippen molar-refractivity contribution < 1.29 is 15.3 Å². The predicted molar refractivity (Wildman–Crippen MR) is 70.8 cm³/mol. The summed E-state index contributed by atoms with van der Waals surface area (Å²) in [5.41, 5.74) is 1.24. The lowest BCUT2D eigenvalue weighted by Gasteiger charge is -2.09. The van der Waals surface area contributed by atoms with Crippen LogP contribution in [0, 0.1) is 0 Å². The maximum Gasteiger partial charge on any atom is 0.131 e. The molecule has 2 aromatic rings. The first-order valence-corrected chi connectivity index (χ1v) is 6.20. The van der Waals surface area contributed by atoms with E-state index in [0.717, 1.165) is 10.5 Å². The molecule has 0 atom stereocenters. The highest BCUT2D eigenvalue weighted by Gasteiger charge is 2.19. The van der Waals surface area contributed by atoms with E-state index >= 15 is 0 Å². The molecule has 0 unspecified atom stereocenters. The van der Waals surface area contributed by atoms with Gasteiger partial charge in [0.2, 0.25) is 0 Å². The molecular weight excluding hydrogens is 248 g/mol. The van der Waals surface area contributed by atoms with Crippen LogP contribution in [0.25, 0.3) is 11.8 Å². The number of aromatic hydroxyl groups is 2. The minimum atomic E-state index is -0.126. The smallest absolute Gasteiger partial charge is 0.131 e. The van der Waals surface area contributed by atoms with E-state index in [0.29, 0.717) is 10.5 Å². The summed E-state index contributed by atoms with van der Waals surface area (Å²) in [6.45, 7) is 0. The van der Waals surface area contributed by atoms with E-state index in [4.69, 9.17) is 0 Å². The van der Waals surface area contributed by atoms with E-state index in [1.165, 1.54) is 23.9 Å². The number of aliphatic hydroxyl groups is 1. The summed E-state index contributed by atoms with van der Waals surface area (Å²) in [6.07, 6.45) is 1.62. The van der Waals surface area contributed by atoms with Crippen LogP contribution in [0.4, 0.5) is 0 Å². The third kappa shape index (κ3) is 1.71. The third-order valence-electron chi connectivity index (χ3n) is 2.75. The zero-order chi connectivity index (χ0) is 12.7. The predicted octanol–water partition coefficient (Wildman–Crippen LogP) is 3.62. The first kappa shape index (κ1) is 11.0. The third-order valence-corrected chi connectivity index (χ3v) is 3.89. The molecule has 2 aromatic carbocycles. The van der Waals surface area contributed by atoms with Crippen molar-refractivity contribution in [3.63, 3.8) is 0 Å². The zero-order valence-corrected chi connectivity index (χ0v) is 10.1. The Morgan fingerprint density at radius 2 is 1.67 bits per heavy atom. The number of hydrogen-bond acceptors (Lipinski definition) is 4. The van der Waals surface area contributed by atoms with Gasteiger partial charge in [-0.25, -0.2) is 0 Å². The van der Waals surface area contributed by atoms with Crippen LogP contribution in [0.1, 0.15) is 11.1 Å². The van der Waals surface area contributed by atoms with E-state index in [2.05, 4.69) is 0 Å². The normalized spacial score (nSPS) is 13.2. The number of fused-ring (bicyclic) bond motifs is 2. The van der Waals surface area contributed by atoms with Crippen molar-refractivity contribution in [2.24, 2.45) is 0 Å². The second-order valence-electron chi connectivity index (χ2n) is 4.01. The average molecular weight is 258 g/mol. The van der Waals surface area contributed by atoms with Gasteiger partial charge in [0.05, 0.1) is 5.56 Å². The lowest BCUT2D eigenvalue weighted by atomic mass is 10.1. The van der Waals surface area contributed by atoms with Gasteiger partial charge in [-0.1, -0.05) is 30.0 Å². The van der Waals surface area contributed by atoms with Gasteiger partial charge in [0.1, 0.15) is 17.3 Å². The molecule has 3 rings (SSSR count). The number of phenols is 2. The summed E-state index contributed by atoms with van der Waals surface area (Å²) in [5, 5.41) is 29.4. The Labute approximate surface area is 108 Å². The van der Waals surface area contributed by atoms with Crippen molar-refractivity contribution in [3.8, 4) is 11.5 Å². The van der Waals surface area contributed by atoms with Gasteiger partial charge >= 0.3 is 0 Å². The molecule has 4 heteroatoms. The molecule has 0 bridgehead atoms. The van der Waals surface area contributed by atoms with Crippen molar-refractivity contribution in [1.29, 1.82) is 0 Å². The SMILES string of the molecule is OC1=Cc2ccccc2Sc2cc(O)cc(O)c21. The fraction of sp³-hybridized carbons (Fsp3) is 0. The van der Waals surface area contributed by atoms with Crippen molar-refractivity contribution in [2.45, 2.75) is 9.79 Å². The monoisotopic (exact) mass is 258 g/mol. The molecular formula is C14H10O3S. The number of hydrogen-bond donors (Lipinski definition) is 3.